The SMILES string of the molecule is Cc1ccc(-c2sc(N)nc2-c2ccc(O)cc2)cc1. The molecule has 2 aromatic carbocycles. The fourth-order valence-corrected chi connectivity index (χ4v) is 2.91. The summed E-state index contributed by atoms with van der Waals surface area (Å²) in [4.78, 5) is 5.47. The maximum Gasteiger partial charge on any atom is 0.181 e. The van der Waals surface area contributed by atoms with Crippen LogP contribution >= 0.6 is 11.3 Å². The van der Waals surface area contributed by atoms with E-state index >= 15 is 0 Å². The summed E-state index contributed by atoms with van der Waals surface area (Å²) in [6.45, 7) is 2.06. The minimum absolute atomic E-state index is 0.244. The van der Waals surface area contributed by atoms with Crippen molar-refractivity contribution >= 4 is 16.5 Å². The molecule has 3 N–H and O–H groups in total. The van der Waals surface area contributed by atoms with E-state index in [2.05, 4.69) is 36.2 Å². The molecule has 20 heavy (non-hydrogen) atoms. The van der Waals surface area contributed by atoms with E-state index in [1.807, 2.05) is 12.1 Å². The molecular formula is C16H14N2OS. The van der Waals surface area contributed by atoms with E-state index in [1.54, 1.807) is 12.1 Å². The first kappa shape index (κ1) is 12.7. The Labute approximate surface area is 121 Å². The smallest absolute Gasteiger partial charge is 0.181 e. The Morgan fingerprint density at radius 1 is 0.950 bits per heavy atom. The fraction of sp³-hybridized carbons (Fsp3) is 0.0625. The number of hydrogen-bond acceptors (Lipinski definition) is 4. The van der Waals surface area contributed by atoms with Crippen molar-refractivity contribution in [2.24, 2.45) is 0 Å². The van der Waals surface area contributed by atoms with Crippen molar-refractivity contribution in [3.8, 4) is 27.4 Å². The van der Waals surface area contributed by atoms with Crippen LogP contribution in [0.25, 0.3) is 21.7 Å². The van der Waals surface area contributed by atoms with Gasteiger partial charge in [-0.3, -0.25) is 0 Å². The monoisotopic (exact) mass is 282 g/mol. The average molecular weight is 282 g/mol. The number of phenolic OH excluding ortho intramolecular Hbond substituents is 1. The van der Waals surface area contributed by atoms with Gasteiger partial charge in [-0.15, -0.1) is 0 Å². The van der Waals surface area contributed by atoms with Crippen LogP contribution in [0.3, 0.4) is 0 Å². The molecule has 0 saturated carbocycles. The highest BCUT2D eigenvalue weighted by Gasteiger charge is 2.13. The van der Waals surface area contributed by atoms with Crippen molar-refractivity contribution in [3.63, 3.8) is 0 Å². The van der Waals surface area contributed by atoms with E-state index in [0.717, 1.165) is 21.7 Å². The van der Waals surface area contributed by atoms with Gasteiger partial charge in [0.15, 0.2) is 5.13 Å². The summed E-state index contributed by atoms with van der Waals surface area (Å²) in [5.41, 5.74) is 10.0. The topological polar surface area (TPSA) is 59.1 Å². The second kappa shape index (κ2) is 4.98. The molecule has 0 aliphatic heterocycles. The molecule has 0 saturated heterocycles. The van der Waals surface area contributed by atoms with Gasteiger partial charge in [0, 0.05) is 5.56 Å². The Morgan fingerprint density at radius 2 is 1.55 bits per heavy atom. The van der Waals surface area contributed by atoms with Gasteiger partial charge in [0.05, 0.1) is 10.6 Å². The number of aryl methyl sites for hydroxylation is 1. The third-order valence-corrected chi connectivity index (χ3v) is 4.03. The number of hydrogen-bond donors (Lipinski definition) is 2. The zero-order valence-corrected chi connectivity index (χ0v) is 11.8. The molecular weight excluding hydrogens is 268 g/mol. The second-order valence-electron chi connectivity index (χ2n) is 4.64. The van der Waals surface area contributed by atoms with Gasteiger partial charge in [0.25, 0.3) is 0 Å². The van der Waals surface area contributed by atoms with Crippen molar-refractivity contribution < 1.29 is 5.11 Å². The van der Waals surface area contributed by atoms with Crippen LogP contribution in [-0.2, 0) is 0 Å². The van der Waals surface area contributed by atoms with Crippen LogP contribution < -0.4 is 5.73 Å². The van der Waals surface area contributed by atoms with Crippen LogP contribution in [0.15, 0.2) is 48.5 Å². The first-order valence-corrected chi connectivity index (χ1v) is 7.08. The van der Waals surface area contributed by atoms with Gasteiger partial charge in [0.1, 0.15) is 5.75 Å². The lowest BCUT2D eigenvalue weighted by molar-refractivity contribution is 0.475. The Bertz CT molecular complexity index is 667. The summed E-state index contributed by atoms with van der Waals surface area (Å²) in [6.07, 6.45) is 0. The van der Waals surface area contributed by atoms with Crippen molar-refractivity contribution in [3.05, 3.63) is 54.1 Å². The van der Waals surface area contributed by atoms with Gasteiger partial charge in [0.2, 0.25) is 0 Å². The van der Waals surface area contributed by atoms with E-state index < -0.39 is 0 Å². The van der Waals surface area contributed by atoms with Crippen molar-refractivity contribution in [1.82, 2.24) is 4.98 Å². The summed E-state index contributed by atoms with van der Waals surface area (Å²) in [5.74, 6) is 0.244. The molecule has 3 aromatic rings. The highest BCUT2D eigenvalue weighted by Crippen LogP contribution is 2.38. The lowest BCUT2D eigenvalue weighted by Crippen LogP contribution is -1.84. The van der Waals surface area contributed by atoms with Gasteiger partial charge in [-0.2, -0.15) is 0 Å². The van der Waals surface area contributed by atoms with Crippen LogP contribution in [0.5, 0.6) is 5.75 Å². The predicted octanol–water partition coefficient (Wildman–Crippen LogP) is 4.07. The van der Waals surface area contributed by atoms with E-state index in [0.29, 0.717) is 5.13 Å². The van der Waals surface area contributed by atoms with Gasteiger partial charge >= 0.3 is 0 Å². The van der Waals surface area contributed by atoms with Gasteiger partial charge in [-0.25, -0.2) is 4.98 Å². The summed E-state index contributed by atoms with van der Waals surface area (Å²) in [6, 6.07) is 15.3. The molecule has 100 valence electrons. The largest absolute Gasteiger partial charge is 0.508 e. The molecule has 0 atom stereocenters. The number of anilines is 1. The van der Waals surface area contributed by atoms with E-state index in [1.165, 1.54) is 16.9 Å². The number of thiazole rings is 1. The fourth-order valence-electron chi connectivity index (χ4n) is 2.05. The van der Waals surface area contributed by atoms with E-state index in [4.69, 9.17) is 5.73 Å². The van der Waals surface area contributed by atoms with Gasteiger partial charge in [-0.05, 0) is 36.8 Å². The predicted molar refractivity (Wildman–Crippen MR) is 83.8 cm³/mol. The molecule has 0 bridgehead atoms. The number of benzene rings is 2. The molecule has 3 rings (SSSR count). The summed E-state index contributed by atoms with van der Waals surface area (Å²) in [5, 5.41) is 9.93. The van der Waals surface area contributed by atoms with Crippen LogP contribution in [0.2, 0.25) is 0 Å². The number of nitrogens with zero attached hydrogens (tertiary/aromatic N) is 1. The van der Waals surface area contributed by atoms with Crippen LogP contribution in [0.1, 0.15) is 5.56 Å². The number of aromatic nitrogens is 1. The number of nitrogen functional groups attached to an aromatic ring is 1. The molecule has 0 radical (unpaired) electrons. The maximum absolute atomic E-state index is 9.38. The minimum Gasteiger partial charge on any atom is -0.508 e. The Morgan fingerprint density at radius 3 is 2.20 bits per heavy atom. The van der Waals surface area contributed by atoms with E-state index in [9.17, 15) is 5.11 Å². The summed E-state index contributed by atoms with van der Waals surface area (Å²) in [7, 11) is 0. The Balaban J connectivity index is 2.12. The third-order valence-electron chi connectivity index (χ3n) is 3.10. The maximum atomic E-state index is 9.38. The minimum atomic E-state index is 0.244. The normalized spacial score (nSPS) is 10.7. The number of rotatable bonds is 2. The van der Waals surface area contributed by atoms with Crippen molar-refractivity contribution in [1.29, 1.82) is 0 Å². The molecule has 3 nitrogen and oxygen atoms in total. The number of phenols is 1. The zero-order chi connectivity index (χ0) is 14.1. The molecule has 1 heterocycles. The molecule has 0 amide bonds. The van der Waals surface area contributed by atoms with Crippen molar-refractivity contribution in [2.75, 3.05) is 5.73 Å². The first-order chi connectivity index (χ1) is 9.63. The summed E-state index contributed by atoms with van der Waals surface area (Å²) >= 11 is 1.48. The zero-order valence-electron chi connectivity index (χ0n) is 11.0. The van der Waals surface area contributed by atoms with E-state index in [-0.39, 0.29) is 5.75 Å². The Hall–Kier alpha value is -2.33. The number of nitrogens with two attached hydrogens (primary N) is 1. The molecule has 0 unspecified atom stereocenters. The van der Waals surface area contributed by atoms with Gasteiger partial charge in [-0.1, -0.05) is 41.2 Å². The third kappa shape index (κ3) is 2.38. The lowest BCUT2D eigenvalue weighted by atomic mass is 10.1. The lowest BCUT2D eigenvalue weighted by Gasteiger charge is -2.03. The van der Waals surface area contributed by atoms with Gasteiger partial charge < -0.3 is 10.8 Å². The number of aromatic hydroxyl groups is 1. The van der Waals surface area contributed by atoms with Crippen molar-refractivity contribution in [2.45, 2.75) is 6.92 Å². The quantitative estimate of drug-likeness (QED) is 0.744. The molecule has 4 heteroatoms. The molecule has 1 aromatic heterocycles. The standard InChI is InChI=1S/C16H14N2OS/c1-10-2-4-12(5-3-10)15-14(18-16(17)20-15)11-6-8-13(19)9-7-11/h2-9,19H,1H3,(H2,17,18). The Kier molecular flexibility index (Phi) is 3.16. The summed E-state index contributed by atoms with van der Waals surface area (Å²) < 4.78 is 0. The van der Waals surface area contributed by atoms with Crippen LogP contribution in [-0.4, -0.2) is 10.1 Å². The molecule has 0 aliphatic rings. The average Bonchev–Trinajstić information content (AvgIpc) is 2.82. The highest BCUT2D eigenvalue weighted by molar-refractivity contribution is 7.19. The second-order valence-corrected chi connectivity index (χ2v) is 5.67. The van der Waals surface area contributed by atoms with Crippen LogP contribution in [0.4, 0.5) is 5.13 Å². The van der Waals surface area contributed by atoms with Crippen LogP contribution in [0, 0.1) is 6.92 Å². The molecule has 0 aliphatic carbocycles. The highest BCUT2D eigenvalue weighted by atomic mass is 32.1. The molecule has 0 fully saturated rings. The molecule has 0 spiro atoms. The first-order valence-electron chi connectivity index (χ1n) is 6.26.